The van der Waals surface area contributed by atoms with Crippen molar-refractivity contribution in [3.8, 4) is 0 Å². The molecule has 0 fully saturated rings. The molecule has 0 aromatic carbocycles. The van der Waals surface area contributed by atoms with E-state index in [0.717, 1.165) is 44.4 Å². The normalized spacial score (nSPS) is 12.9. The maximum absolute atomic E-state index is 5.33. The number of aryl methyl sites for hydroxylation is 1. The van der Waals surface area contributed by atoms with Crippen LogP contribution in [0.25, 0.3) is 0 Å². The molecule has 0 radical (unpaired) electrons. The van der Waals surface area contributed by atoms with E-state index >= 15 is 0 Å². The summed E-state index contributed by atoms with van der Waals surface area (Å²) in [7, 11) is 4.19. The first-order valence-corrected chi connectivity index (χ1v) is 7.06. The maximum atomic E-state index is 5.33. The van der Waals surface area contributed by atoms with Crippen LogP contribution in [0.1, 0.15) is 32.0 Å². The summed E-state index contributed by atoms with van der Waals surface area (Å²) in [6, 6.07) is 0.408. The molecular weight excluding hydrogens is 240 g/mol. The zero-order valence-electron chi connectivity index (χ0n) is 12.9. The molecule has 1 aromatic rings. The molecule has 0 amide bonds. The Morgan fingerprint density at radius 3 is 2.84 bits per heavy atom. The predicted octanol–water partition coefficient (Wildman–Crippen LogP) is 2.15. The Labute approximate surface area is 117 Å². The average molecular weight is 268 g/mol. The molecular formula is C14H28N4O. The number of ether oxygens (including phenoxy) is 1. The Morgan fingerprint density at radius 2 is 2.21 bits per heavy atom. The molecule has 1 heterocycles. The van der Waals surface area contributed by atoms with Crippen molar-refractivity contribution in [1.82, 2.24) is 14.5 Å². The summed E-state index contributed by atoms with van der Waals surface area (Å²) in [6.45, 7) is 9.75. The molecule has 19 heavy (non-hydrogen) atoms. The highest BCUT2D eigenvalue weighted by molar-refractivity contribution is 5.29. The van der Waals surface area contributed by atoms with Gasteiger partial charge in [-0.3, -0.25) is 0 Å². The van der Waals surface area contributed by atoms with E-state index in [2.05, 4.69) is 47.0 Å². The van der Waals surface area contributed by atoms with Crippen LogP contribution >= 0.6 is 0 Å². The van der Waals surface area contributed by atoms with E-state index in [1.807, 2.05) is 13.8 Å². The van der Waals surface area contributed by atoms with Crippen molar-refractivity contribution in [3.05, 3.63) is 11.9 Å². The quantitative estimate of drug-likeness (QED) is 0.697. The van der Waals surface area contributed by atoms with Crippen molar-refractivity contribution in [2.45, 2.75) is 33.2 Å². The van der Waals surface area contributed by atoms with E-state index in [1.54, 1.807) is 0 Å². The predicted molar refractivity (Wildman–Crippen MR) is 79.8 cm³/mol. The van der Waals surface area contributed by atoms with Crippen LogP contribution in [0.2, 0.25) is 0 Å². The van der Waals surface area contributed by atoms with Gasteiger partial charge in [0.05, 0.1) is 5.69 Å². The molecule has 0 aliphatic heterocycles. The van der Waals surface area contributed by atoms with Crippen molar-refractivity contribution in [2.24, 2.45) is 0 Å². The number of aromatic nitrogens is 2. The largest absolute Gasteiger partial charge is 0.382 e. The molecule has 0 aliphatic rings. The fraction of sp³-hybridized carbons (Fsp3) is 0.786. The first kappa shape index (κ1) is 16.0. The molecule has 0 saturated carbocycles. The van der Waals surface area contributed by atoms with Crippen LogP contribution in [-0.4, -0.2) is 54.8 Å². The maximum Gasteiger partial charge on any atom is 0.203 e. The summed E-state index contributed by atoms with van der Waals surface area (Å²) in [5.41, 5.74) is 1.05. The van der Waals surface area contributed by atoms with E-state index in [4.69, 9.17) is 4.74 Å². The first-order chi connectivity index (χ1) is 9.04. The number of nitrogens with one attached hydrogen (secondary N) is 1. The molecule has 0 bridgehead atoms. The second kappa shape index (κ2) is 8.17. The van der Waals surface area contributed by atoms with Crippen molar-refractivity contribution >= 4 is 5.95 Å². The second-order valence-electron chi connectivity index (χ2n) is 5.20. The molecule has 0 aliphatic carbocycles. The third kappa shape index (κ3) is 5.61. The lowest BCUT2D eigenvalue weighted by molar-refractivity contribution is 0.147. The monoisotopic (exact) mass is 268 g/mol. The Bertz CT molecular complexity index is 362. The van der Waals surface area contributed by atoms with E-state index in [1.165, 1.54) is 0 Å². The van der Waals surface area contributed by atoms with Crippen LogP contribution < -0.4 is 5.32 Å². The molecule has 1 rings (SSSR count). The SMILES string of the molecule is CCOCCCNc1nc(C)cn1C(C)CN(C)C. The van der Waals surface area contributed by atoms with Crippen LogP contribution in [0.15, 0.2) is 6.20 Å². The van der Waals surface area contributed by atoms with E-state index < -0.39 is 0 Å². The van der Waals surface area contributed by atoms with Gasteiger partial charge in [0.1, 0.15) is 0 Å². The lowest BCUT2D eigenvalue weighted by Gasteiger charge is -2.20. The second-order valence-corrected chi connectivity index (χ2v) is 5.20. The molecule has 1 atom stereocenters. The van der Waals surface area contributed by atoms with Crippen molar-refractivity contribution in [2.75, 3.05) is 45.7 Å². The molecule has 5 nitrogen and oxygen atoms in total. The molecule has 110 valence electrons. The number of anilines is 1. The van der Waals surface area contributed by atoms with Gasteiger partial charge in [0.2, 0.25) is 5.95 Å². The summed E-state index contributed by atoms with van der Waals surface area (Å²) >= 11 is 0. The van der Waals surface area contributed by atoms with E-state index in [-0.39, 0.29) is 0 Å². The Balaban J connectivity index is 2.52. The van der Waals surface area contributed by atoms with Gasteiger partial charge in [-0.15, -0.1) is 0 Å². The number of likely N-dealkylation sites (N-methyl/N-ethyl adjacent to an activating group) is 1. The minimum absolute atomic E-state index is 0.408. The van der Waals surface area contributed by atoms with Gasteiger partial charge in [0.25, 0.3) is 0 Å². The Kier molecular flexibility index (Phi) is 6.87. The lowest BCUT2D eigenvalue weighted by Crippen LogP contribution is -2.23. The topological polar surface area (TPSA) is 42.3 Å². The number of nitrogens with zero attached hydrogens (tertiary/aromatic N) is 3. The lowest BCUT2D eigenvalue weighted by atomic mass is 10.3. The molecule has 1 N–H and O–H groups in total. The summed E-state index contributed by atoms with van der Waals surface area (Å²) in [6.07, 6.45) is 3.11. The zero-order valence-corrected chi connectivity index (χ0v) is 12.9. The van der Waals surface area contributed by atoms with Crippen molar-refractivity contribution < 1.29 is 4.74 Å². The molecule has 0 spiro atoms. The summed E-state index contributed by atoms with van der Waals surface area (Å²) in [4.78, 5) is 6.74. The van der Waals surface area contributed by atoms with Gasteiger partial charge < -0.3 is 19.5 Å². The van der Waals surface area contributed by atoms with Crippen molar-refractivity contribution in [3.63, 3.8) is 0 Å². The van der Waals surface area contributed by atoms with Crippen LogP contribution in [0.3, 0.4) is 0 Å². The highest BCUT2D eigenvalue weighted by Crippen LogP contribution is 2.16. The number of hydrogen-bond donors (Lipinski definition) is 1. The van der Waals surface area contributed by atoms with Gasteiger partial charge in [-0.2, -0.15) is 0 Å². The van der Waals surface area contributed by atoms with Gasteiger partial charge >= 0.3 is 0 Å². The van der Waals surface area contributed by atoms with Gasteiger partial charge in [-0.05, 0) is 41.3 Å². The molecule has 0 saturated heterocycles. The summed E-state index contributed by atoms with van der Waals surface area (Å²) in [5, 5.41) is 3.40. The third-order valence-corrected chi connectivity index (χ3v) is 2.91. The minimum atomic E-state index is 0.408. The van der Waals surface area contributed by atoms with Crippen molar-refractivity contribution in [1.29, 1.82) is 0 Å². The fourth-order valence-electron chi connectivity index (χ4n) is 2.12. The fourth-order valence-corrected chi connectivity index (χ4v) is 2.12. The summed E-state index contributed by atoms with van der Waals surface area (Å²) in [5.74, 6) is 0.961. The molecule has 1 unspecified atom stereocenters. The average Bonchev–Trinajstić information content (AvgIpc) is 2.69. The zero-order chi connectivity index (χ0) is 14.3. The number of hydrogen-bond acceptors (Lipinski definition) is 4. The smallest absolute Gasteiger partial charge is 0.203 e. The standard InChI is InChI=1S/C14H28N4O/c1-6-19-9-7-8-15-14-16-12(2)10-18(14)13(3)11-17(4)5/h10,13H,6-9,11H2,1-5H3,(H,15,16). The van der Waals surface area contributed by atoms with Gasteiger partial charge in [0, 0.05) is 38.5 Å². The highest BCUT2D eigenvalue weighted by atomic mass is 16.5. The van der Waals surface area contributed by atoms with Crippen LogP contribution in [-0.2, 0) is 4.74 Å². The van der Waals surface area contributed by atoms with Gasteiger partial charge in [-0.25, -0.2) is 4.98 Å². The van der Waals surface area contributed by atoms with Gasteiger partial charge in [-0.1, -0.05) is 0 Å². The Hall–Kier alpha value is -1.07. The van der Waals surface area contributed by atoms with Crippen LogP contribution in [0.5, 0.6) is 0 Å². The molecule has 5 heteroatoms. The third-order valence-electron chi connectivity index (χ3n) is 2.91. The first-order valence-electron chi connectivity index (χ1n) is 7.06. The number of rotatable bonds is 9. The van der Waals surface area contributed by atoms with E-state index in [9.17, 15) is 0 Å². The molecule has 1 aromatic heterocycles. The van der Waals surface area contributed by atoms with Gasteiger partial charge in [0.15, 0.2) is 0 Å². The number of imidazole rings is 1. The van der Waals surface area contributed by atoms with Crippen LogP contribution in [0.4, 0.5) is 5.95 Å². The highest BCUT2D eigenvalue weighted by Gasteiger charge is 2.12. The van der Waals surface area contributed by atoms with E-state index in [0.29, 0.717) is 6.04 Å². The minimum Gasteiger partial charge on any atom is -0.382 e. The summed E-state index contributed by atoms with van der Waals surface area (Å²) < 4.78 is 7.55. The Morgan fingerprint density at radius 1 is 1.47 bits per heavy atom. The van der Waals surface area contributed by atoms with Crippen LogP contribution in [0, 0.1) is 6.92 Å².